The van der Waals surface area contributed by atoms with Gasteiger partial charge in [0.1, 0.15) is 5.82 Å². The summed E-state index contributed by atoms with van der Waals surface area (Å²) in [6, 6.07) is 11.3. The van der Waals surface area contributed by atoms with E-state index in [2.05, 4.69) is 49.2 Å². The number of benzene rings is 2. The first-order valence-corrected chi connectivity index (χ1v) is 10.8. The van der Waals surface area contributed by atoms with E-state index in [0.29, 0.717) is 17.1 Å². The molecule has 0 saturated carbocycles. The third-order valence-electron chi connectivity index (χ3n) is 5.89. The summed E-state index contributed by atoms with van der Waals surface area (Å²) in [5.41, 5.74) is 4.30. The highest BCUT2D eigenvalue weighted by molar-refractivity contribution is 6.30. The van der Waals surface area contributed by atoms with E-state index in [4.69, 9.17) is 11.6 Å². The van der Waals surface area contributed by atoms with Crippen molar-refractivity contribution in [3.63, 3.8) is 0 Å². The van der Waals surface area contributed by atoms with Crippen LogP contribution in [0.1, 0.15) is 54.5 Å². The van der Waals surface area contributed by atoms with Crippen molar-refractivity contribution >= 4 is 17.5 Å². The Hall–Kier alpha value is -1.91. The molecule has 1 N–H and O–H groups in total. The van der Waals surface area contributed by atoms with Crippen LogP contribution in [0.2, 0.25) is 5.02 Å². The number of carbonyl (C=O) groups is 1. The monoisotopic (exact) mass is 416 g/mol. The minimum Gasteiger partial charge on any atom is -0.349 e. The zero-order valence-electron chi connectivity index (χ0n) is 17.5. The molecule has 1 fully saturated rings. The zero-order valence-corrected chi connectivity index (χ0v) is 18.2. The molecule has 1 aliphatic rings. The summed E-state index contributed by atoms with van der Waals surface area (Å²) in [5, 5.41) is 3.67. The Kier molecular flexibility index (Phi) is 7.31. The van der Waals surface area contributed by atoms with Crippen molar-refractivity contribution in [1.29, 1.82) is 0 Å². The molecule has 0 unspecified atom stereocenters. The molecule has 1 saturated heterocycles. The molecule has 0 aliphatic carbocycles. The highest BCUT2D eigenvalue weighted by Gasteiger charge is 2.27. The Labute approximate surface area is 178 Å². The van der Waals surface area contributed by atoms with Crippen molar-refractivity contribution in [3.05, 3.63) is 69.5 Å². The van der Waals surface area contributed by atoms with Crippen LogP contribution in [-0.2, 0) is 11.3 Å². The molecule has 0 aromatic heterocycles. The SMILES string of the molecule is CC[C@H](NC(=O)C1CCN(Cc2ccc(Cl)cc2F)CC1)c1ccc(C)cc1C. The predicted octanol–water partition coefficient (Wildman–Crippen LogP) is 5.58. The van der Waals surface area contributed by atoms with Gasteiger partial charge in [-0.05, 0) is 69.5 Å². The first-order valence-electron chi connectivity index (χ1n) is 10.4. The topological polar surface area (TPSA) is 32.3 Å². The molecule has 1 heterocycles. The van der Waals surface area contributed by atoms with Crippen molar-refractivity contribution in [1.82, 2.24) is 10.2 Å². The summed E-state index contributed by atoms with van der Waals surface area (Å²) in [6.07, 6.45) is 2.46. The predicted molar refractivity (Wildman–Crippen MR) is 117 cm³/mol. The van der Waals surface area contributed by atoms with Crippen molar-refractivity contribution in [3.8, 4) is 0 Å². The lowest BCUT2D eigenvalue weighted by molar-refractivity contribution is -0.127. The summed E-state index contributed by atoms with van der Waals surface area (Å²) in [7, 11) is 0. The van der Waals surface area contributed by atoms with Crippen LogP contribution in [0.5, 0.6) is 0 Å². The lowest BCUT2D eigenvalue weighted by Crippen LogP contribution is -2.41. The number of aryl methyl sites for hydroxylation is 2. The Morgan fingerprint density at radius 1 is 1.21 bits per heavy atom. The molecule has 0 radical (unpaired) electrons. The highest BCUT2D eigenvalue weighted by Crippen LogP contribution is 2.25. The van der Waals surface area contributed by atoms with Crippen molar-refractivity contribution in [2.24, 2.45) is 5.92 Å². The van der Waals surface area contributed by atoms with Crippen LogP contribution < -0.4 is 5.32 Å². The van der Waals surface area contributed by atoms with Crippen molar-refractivity contribution < 1.29 is 9.18 Å². The summed E-state index contributed by atoms with van der Waals surface area (Å²) >= 11 is 5.83. The number of amides is 1. The van der Waals surface area contributed by atoms with Crippen molar-refractivity contribution in [2.75, 3.05) is 13.1 Å². The van der Waals surface area contributed by atoms with E-state index in [1.807, 2.05) is 0 Å². The van der Waals surface area contributed by atoms with Gasteiger partial charge in [-0.25, -0.2) is 4.39 Å². The molecular formula is C24H30ClFN2O. The maximum atomic E-state index is 14.0. The molecule has 1 atom stereocenters. The van der Waals surface area contributed by atoms with Gasteiger partial charge in [0.15, 0.2) is 0 Å². The van der Waals surface area contributed by atoms with Gasteiger partial charge in [-0.2, -0.15) is 0 Å². The van der Waals surface area contributed by atoms with Crippen molar-refractivity contribution in [2.45, 2.75) is 52.6 Å². The van der Waals surface area contributed by atoms with Crippen LogP contribution in [0.4, 0.5) is 4.39 Å². The van der Waals surface area contributed by atoms with Crippen LogP contribution >= 0.6 is 11.6 Å². The van der Waals surface area contributed by atoms with Crippen LogP contribution in [0.3, 0.4) is 0 Å². The first-order chi connectivity index (χ1) is 13.9. The number of rotatable bonds is 6. The van der Waals surface area contributed by atoms with E-state index >= 15 is 0 Å². The molecule has 29 heavy (non-hydrogen) atoms. The van der Waals surface area contributed by atoms with Gasteiger partial charge in [0, 0.05) is 23.0 Å². The quantitative estimate of drug-likeness (QED) is 0.667. The lowest BCUT2D eigenvalue weighted by atomic mass is 9.93. The number of hydrogen-bond acceptors (Lipinski definition) is 2. The molecule has 5 heteroatoms. The fraction of sp³-hybridized carbons (Fsp3) is 0.458. The number of carbonyl (C=O) groups excluding carboxylic acids is 1. The van der Waals surface area contributed by atoms with Gasteiger partial charge < -0.3 is 5.32 Å². The van der Waals surface area contributed by atoms with E-state index < -0.39 is 0 Å². The molecule has 3 nitrogen and oxygen atoms in total. The second-order valence-electron chi connectivity index (χ2n) is 8.12. The molecule has 2 aromatic rings. The normalized spacial score (nSPS) is 16.6. The molecule has 156 valence electrons. The zero-order chi connectivity index (χ0) is 21.0. The van der Waals surface area contributed by atoms with Gasteiger partial charge in [-0.15, -0.1) is 0 Å². The minimum atomic E-state index is -0.267. The first kappa shape index (κ1) is 21.8. The van der Waals surface area contributed by atoms with E-state index in [1.165, 1.54) is 22.8 Å². The molecular weight excluding hydrogens is 387 g/mol. The van der Waals surface area contributed by atoms with Gasteiger partial charge >= 0.3 is 0 Å². The maximum Gasteiger partial charge on any atom is 0.223 e. The van der Waals surface area contributed by atoms with E-state index in [9.17, 15) is 9.18 Å². The Morgan fingerprint density at radius 3 is 2.55 bits per heavy atom. The van der Waals surface area contributed by atoms with Gasteiger partial charge in [-0.3, -0.25) is 9.69 Å². The number of halogens is 2. The van der Waals surface area contributed by atoms with Crippen LogP contribution in [0, 0.1) is 25.6 Å². The maximum absolute atomic E-state index is 14.0. The molecule has 0 spiro atoms. The number of hydrogen-bond donors (Lipinski definition) is 1. The van der Waals surface area contributed by atoms with Crippen LogP contribution in [0.15, 0.2) is 36.4 Å². The van der Waals surface area contributed by atoms with Gasteiger partial charge in [0.05, 0.1) is 6.04 Å². The lowest BCUT2D eigenvalue weighted by Gasteiger charge is -2.32. The number of nitrogens with one attached hydrogen (secondary N) is 1. The second kappa shape index (κ2) is 9.73. The number of likely N-dealkylation sites (tertiary alicyclic amines) is 1. The van der Waals surface area contributed by atoms with E-state index in [1.54, 1.807) is 12.1 Å². The molecule has 2 aromatic carbocycles. The minimum absolute atomic E-state index is 0.0149. The van der Waals surface area contributed by atoms with E-state index in [0.717, 1.165) is 32.4 Å². The standard InChI is InChI=1S/C24H30ClFN2O/c1-4-23(21-8-5-16(2)13-17(21)3)27-24(29)18-9-11-28(12-10-18)15-19-6-7-20(25)14-22(19)26/h5-8,13-14,18,23H,4,9-12,15H2,1-3H3,(H,27,29)/t23-/m0/s1. The largest absolute Gasteiger partial charge is 0.349 e. The summed E-state index contributed by atoms with van der Waals surface area (Å²) in [5.74, 6) is -0.119. The Balaban J connectivity index is 1.55. The van der Waals surface area contributed by atoms with Gasteiger partial charge in [0.2, 0.25) is 5.91 Å². The average Bonchev–Trinajstić information content (AvgIpc) is 2.69. The van der Waals surface area contributed by atoms with Gasteiger partial charge in [0.25, 0.3) is 0 Å². The third-order valence-corrected chi connectivity index (χ3v) is 6.13. The summed E-state index contributed by atoms with van der Waals surface area (Å²) in [6.45, 7) is 8.43. The fourth-order valence-electron chi connectivity index (χ4n) is 4.15. The van der Waals surface area contributed by atoms with Gasteiger partial charge in [-0.1, -0.05) is 48.4 Å². The highest BCUT2D eigenvalue weighted by atomic mass is 35.5. The van der Waals surface area contributed by atoms with E-state index in [-0.39, 0.29) is 23.7 Å². The van der Waals surface area contributed by atoms with Crippen LogP contribution in [-0.4, -0.2) is 23.9 Å². The average molecular weight is 417 g/mol. The smallest absolute Gasteiger partial charge is 0.223 e. The summed E-state index contributed by atoms with van der Waals surface area (Å²) in [4.78, 5) is 15.1. The second-order valence-corrected chi connectivity index (χ2v) is 8.55. The number of nitrogens with zero attached hydrogens (tertiary/aromatic N) is 1. The number of piperidine rings is 1. The molecule has 0 bridgehead atoms. The summed E-state index contributed by atoms with van der Waals surface area (Å²) < 4.78 is 14.0. The Bertz CT molecular complexity index is 862. The third kappa shape index (κ3) is 5.58. The van der Waals surface area contributed by atoms with Crippen LogP contribution in [0.25, 0.3) is 0 Å². The molecule has 3 rings (SSSR count). The molecule has 1 aliphatic heterocycles. The Morgan fingerprint density at radius 2 is 1.93 bits per heavy atom. The molecule has 1 amide bonds. The fourth-order valence-corrected chi connectivity index (χ4v) is 4.31.